The van der Waals surface area contributed by atoms with Gasteiger partial charge < -0.3 is 15.0 Å². The second-order valence-corrected chi connectivity index (χ2v) is 9.60. The lowest BCUT2D eigenvalue weighted by atomic mass is 9.96. The van der Waals surface area contributed by atoms with E-state index < -0.39 is 5.97 Å². The smallest absolute Gasteiger partial charge is 0.348 e. The summed E-state index contributed by atoms with van der Waals surface area (Å²) in [6.45, 7) is 3.98. The van der Waals surface area contributed by atoms with Crippen molar-refractivity contribution in [3.05, 3.63) is 99.2 Å². The molecule has 1 atom stereocenters. The van der Waals surface area contributed by atoms with Crippen molar-refractivity contribution in [2.75, 3.05) is 5.32 Å². The van der Waals surface area contributed by atoms with Gasteiger partial charge in [-0.1, -0.05) is 54.6 Å². The molecule has 0 aliphatic carbocycles. The molecule has 0 saturated heterocycles. The van der Waals surface area contributed by atoms with Crippen molar-refractivity contribution in [1.82, 2.24) is 4.57 Å². The fourth-order valence-corrected chi connectivity index (χ4v) is 5.57. The van der Waals surface area contributed by atoms with Crippen LogP contribution in [0, 0.1) is 6.92 Å². The monoisotopic (exact) mass is 468 g/mol. The average molecular weight is 469 g/mol. The number of carboxylic acid groups (broad SMARTS) is 1. The van der Waals surface area contributed by atoms with E-state index in [-0.39, 0.29) is 16.5 Å². The van der Waals surface area contributed by atoms with Crippen LogP contribution in [0.2, 0.25) is 0 Å². The van der Waals surface area contributed by atoms with Gasteiger partial charge in [0, 0.05) is 28.6 Å². The first-order chi connectivity index (χ1) is 16.3. The Morgan fingerprint density at radius 3 is 2.41 bits per heavy atom. The highest BCUT2D eigenvalue weighted by atomic mass is 32.1. The van der Waals surface area contributed by atoms with Crippen LogP contribution < -0.4 is 10.9 Å². The van der Waals surface area contributed by atoms with Gasteiger partial charge in [0.15, 0.2) is 0 Å². The van der Waals surface area contributed by atoms with Crippen LogP contribution in [0.1, 0.15) is 33.8 Å². The Hall–Kier alpha value is -3.90. The van der Waals surface area contributed by atoms with Gasteiger partial charge in [-0.25, -0.2) is 4.79 Å². The Morgan fingerprint density at radius 1 is 0.971 bits per heavy atom. The minimum Gasteiger partial charge on any atom is -0.477 e. The maximum Gasteiger partial charge on any atom is 0.348 e. The molecule has 5 rings (SSSR count). The van der Waals surface area contributed by atoms with E-state index in [1.54, 1.807) is 11.6 Å². The standard InChI is InChI=1S/C28H24N2O3S/c1-16-13-20(17(2)29-25-19-11-7-8-12-24(19)34-26(25)28(32)33)21-15-23(18-9-5-4-6-10-18)30(3)27(31)22(21)14-16/h4-15,17,29H,1-3H3,(H,32,33). The summed E-state index contributed by atoms with van der Waals surface area (Å²) in [4.78, 5) is 25.6. The van der Waals surface area contributed by atoms with Gasteiger partial charge in [-0.05, 0) is 54.1 Å². The minimum atomic E-state index is -0.953. The van der Waals surface area contributed by atoms with Crippen LogP contribution >= 0.6 is 11.3 Å². The molecule has 0 aliphatic rings. The van der Waals surface area contributed by atoms with E-state index in [0.29, 0.717) is 11.1 Å². The number of aryl methyl sites for hydroxylation is 1. The Balaban J connectivity index is 1.69. The van der Waals surface area contributed by atoms with Crippen LogP contribution in [0.3, 0.4) is 0 Å². The maximum atomic E-state index is 13.4. The SMILES string of the molecule is Cc1cc(C(C)Nc2c(C(=O)O)sc3ccccc23)c2cc(-c3ccccc3)n(C)c(=O)c2c1. The summed E-state index contributed by atoms with van der Waals surface area (Å²) in [7, 11) is 1.80. The Labute approximate surface area is 200 Å². The number of nitrogens with zero attached hydrogens (tertiary/aromatic N) is 1. The van der Waals surface area contributed by atoms with E-state index in [1.807, 2.05) is 74.5 Å². The Kier molecular flexibility index (Phi) is 5.46. The molecular formula is C28H24N2O3S. The van der Waals surface area contributed by atoms with Gasteiger partial charge in [0.1, 0.15) is 4.88 Å². The molecule has 2 N–H and O–H groups in total. The molecular weight excluding hydrogens is 444 g/mol. The molecule has 5 nitrogen and oxygen atoms in total. The van der Waals surface area contributed by atoms with Crippen LogP contribution in [0.15, 0.2) is 77.6 Å². The lowest BCUT2D eigenvalue weighted by Crippen LogP contribution is -2.20. The van der Waals surface area contributed by atoms with E-state index in [1.165, 1.54) is 11.3 Å². The molecule has 3 aromatic carbocycles. The van der Waals surface area contributed by atoms with Crippen LogP contribution in [0.25, 0.3) is 32.1 Å². The summed E-state index contributed by atoms with van der Waals surface area (Å²) in [5, 5.41) is 15.7. The predicted octanol–water partition coefficient (Wildman–Crippen LogP) is 6.60. The summed E-state index contributed by atoms with van der Waals surface area (Å²) in [6, 6.07) is 23.4. The van der Waals surface area contributed by atoms with Gasteiger partial charge in [-0.15, -0.1) is 11.3 Å². The molecule has 2 heterocycles. The molecule has 5 aromatic rings. The number of fused-ring (bicyclic) bond motifs is 2. The number of carboxylic acids is 1. The number of hydrogen-bond acceptors (Lipinski definition) is 4. The lowest BCUT2D eigenvalue weighted by Gasteiger charge is -2.20. The minimum absolute atomic E-state index is 0.0549. The largest absolute Gasteiger partial charge is 0.477 e. The number of pyridine rings is 1. The molecule has 2 aromatic heterocycles. The molecule has 0 fully saturated rings. The average Bonchev–Trinajstić information content (AvgIpc) is 3.20. The van der Waals surface area contributed by atoms with E-state index in [0.717, 1.165) is 37.9 Å². The van der Waals surface area contributed by atoms with Gasteiger partial charge in [-0.3, -0.25) is 4.79 Å². The third-order valence-corrected chi connectivity index (χ3v) is 7.38. The zero-order valence-corrected chi connectivity index (χ0v) is 19.9. The second kappa shape index (κ2) is 8.47. The molecule has 6 heteroatoms. The molecule has 0 bridgehead atoms. The summed E-state index contributed by atoms with van der Waals surface area (Å²) in [5.41, 5.74) is 4.30. The van der Waals surface area contributed by atoms with Gasteiger partial charge in [0.2, 0.25) is 0 Å². The van der Waals surface area contributed by atoms with Gasteiger partial charge in [0.25, 0.3) is 5.56 Å². The second-order valence-electron chi connectivity index (χ2n) is 8.55. The quantitative estimate of drug-likeness (QED) is 0.305. The molecule has 0 spiro atoms. The topological polar surface area (TPSA) is 71.3 Å². The highest BCUT2D eigenvalue weighted by Gasteiger charge is 2.21. The third kappa shape index (κ3) is 3.66. The Bertz CT molecular complexity index is 1620. The summed E-state index contributed by atoms with van der Waals surface area (Å²) >= 11 is 1.26. The van der Waals surface area contributed by atoms with Crippen molar-refractivity contribution in [3.8, 4) is 11.3 Å². The normalized spacial score (nSPS) is 12.2. The summed E-state index contributed by atoms with van der Waals surface area (Å²) in [6.07, 6.45) is 0. The number of benzene rings is 3. The van der Waals surface area contributed by atoms with Crippen molar-refractivity contribution in [1.29, 1.82) is 0 Å². The first-order valence-electron chi connectivity index (χ1n) is 11.1. The number of rotatable bonds is 5. The highest BCUT2D eigenvalue weighted by molar-refractivity contribution is 7.21. The first-order valence-corrected chi connectivity index (χ1v) is 11.9. The number of nitrogens with one attached hydrogen (secondary N) is 1. The molecule has 0 radical (unpaired) electrons. The van der Waals surface area contributed by atoms with Crippen molar-refractivity contribution in [2.45, 2.75) is 19.9 Å². The fraction of sp³-hybridized carbons (Fsp3) is 0.143. The fourth-order valence-electron chi connectivity index (χ4n) is 4.57. The third-order valence-electron chi connectivity index (χ3n) is 6.22. The molecule has 34 heavy (non-hydrogen) atoms. The number of aromatic carboxylic acids is 1. The van der Waals surface area contributed by atoms with Crippen molar-refractivity contribution in [2.24, 2.45) is 7.05 Å². The van der Waals surface area contributed by atoms with Crippen LogP contribution in [-0.2, 0) is 7.05 Å². The van der Waals surface area contributed by atoms with E-state index >= 15 is 0 Å². The Morgan fingerprint density at radius 2 is 1.68 bits per heavy atom. The zero-order valence-electron chi connectivity index (χ0n) is 19.1. The predicted molar refractivity (Wildman–Crippen MR) is 140 cm³/mol. The van der Waals surface area contributed by atoms with Gasteiger partial charge >= 0.3 is 5.97 Å². The number of thiophene rings is 1. The van der Waals surface area contributed by atoms with E-state index in [4.69, 9.17) is 0 Å². The van der Waals surface area contributed by atoms with Crippen molar-refractivity contribution >= 4 is 43.9 Å². The summed E-state index contributed by atoms with van der Waals surface area (Å²) < 4.78 is 2.61. The van der Waals surface area contributed by atoms with E-state index in [2.05, 4.69) is 17.4 Å². The van der Waals surface area contributed by atoms with Gasteiger partial charge in [0.05, 0.1) is 11.4 Å². The lowest BCUT2D eigenvalue weighted by molar-refractivity contribution is 0.0703. The molecule has 1 unspecified atom stereocenters. The number of hydrogen-bond donors (Lipinski definition) is 2. The van der Waals surface area contributed by atoms with Gasteiger partial charge in [-0.2, -0.15) is 0 Å². The molecule has 0 saturated carbocycles. The van der Waals surface area contributed by atoms with Crippen molar-refractivity contribution < 1.29 is 9.90 Å². The van der Waals surface area contributed by atoms with Crippen LogP contribution in [-0.4, -0.2) is 15.6 Å². The highest BCUT2D eigenvalue weighted by Crippen LogP contribution is 2.39. The number of anilines is 1. The number of aromatic nitrogens is 1. The summed E-state index contributed by atoms with van der Waals surface area (Å²) in [5.74, 6) is -0.953. The molecule has 0 aliphatic heterocycles. The van der Waals surface area contributed by atoms with Crippen LogP contribution in [0.4, 0.5) is 5.69 Å². The first kappa shape index (κ1) is 21.9. The molecule has 0 amide bonds. The maximum absolute atomic E-state index is 13.4. The zero-order chi connectivity index (χ0) is 24.0. The van der Waals surface area contributed by atoms with Crippen molar-refractivity contribution in [3.63, 3.8) is 0 Å². The molecule has 170 valence electrons. The van der Waals surface area contributed by atoms with Crippen LogP contribution in [0.5, 0.6) is 0 Å². The number of carbonyl (C=O) groups is 1. The van der Waals surface area contributed by atoms with E-state index in [9.17, 15) is 14.7 Å².